The third kappa shape index (κ3) is 354. The van der Waals surface area contributed by atoms with E-state index in [-0.39, 0.29) is 91.9 Å². The van der Waals surface area contributed by atoms with Crippen LogP contribution in [0.4, 0.5) is 9.59 Å². The van der Waals surface area contributed by atoms with E-state index in [2.05, 4.69) is 0 Å². The first-order valence-corrected chi connectivity index (χ1v) is 1.30. The van der Waals surface area contributed by atoms with Gasteiger partial charge < -0.3 is 20.4 Å². The van der Waals surface area contributed by atoms with Gasteiger partial charge in [-0.25, -0.2) is 9.59 Å². The molecular weight excluding hydrogens is 277 g/mol. The Morgan fingerprint density at radius 1 is 0.800 bits per heavy atom. The summed E-state index contributed by atoms with van der Waals surface area (Å²) in [5.74, 6) is 0. The second kappa shape index (κ2) is 16.8. The predicted molar refractivity (Wildman–Crippen MR) is 37.0 cm³/mol. The van der Waals surface area contributed by atoms with Gasteiger partial charge in [0, 0.05) is 0 Å². The van der Waals surface area contributed by atoms with Crippen LogP contribution in [0.1, 0.15) is 0 Å². The molecule has 10 heavy (non-hydrogen) atoms. The van der Waals surface area contributed by atoms with Crippen molar-refractivity contribution >= 4 is 104 Å². The van der Waals surface area contributed by atoms with E-state index in [0.29, 0.717) is 0 Å². The molecule has 0 unspecified atom stereocenters. The standard InChI is InChI=1S/2CH2O3.Cs.Mg.3H/c2*2-1(3)4;;;;;/h2*(H2,2,3,4);;;;;. The Morgan fingerprint density at radius 3 is 0.800 bits per heavy atom. The summed E-state index contributed by atoms with van der Waals surface area (Å²) in [6.45, 7) is 0. The van der Waals surface area contributed by atoms with Crippen molar-refractivity contribution in [1.29, 1.82) is 0 Å². The van der Waals surface area contributed by atoms with E-state index in [9.17, 15) is 0 Å². The number of rotatable bonds is 0. The maximum absolute atomic E-state index is 8.56. The zero-order valence-electron chi connectivity index (χ0n) is 3.61. The van der Waals surface area contributed by atoms with Gasteiger partial charge in [-0.2, -0.15) is 0 Å². The van der Waals surface area contributed by atoms with Crippen molar-refractivity contribution in [2.45, 2.75) is 0 Å². The molecule has 0 saturated carbocycles. The van der Waals surface area contributed by atoms with Crippen LogP contribution in [0.25, 0.3) is 0 Å². The van der Waals surface area contributed by atoms with Crippen LogP contribution in [0, 0.1) is 0 Å². The Balaban J connectivity index is -0.0000000300. The molecule has 54 valence electrons. The summed E-state index contributed by atoms with van der Waals surface area (Å²) in [6, 6.07) is 0. The molecule has 0 aliphatic heterocycles. The molecule has 0 aromatic carbocycles. The Bertz CT molecular complexity index is 73.7. The van der Waals surface area contributed by atoms with Gasteiger partial charge in [-0.3, -0.25) is 0 Å². The first kappa shape index (κ1) is 22.5. The maximum atomic E-state index is 8.56. The van der Waals surface area contributed by atoms with Gasteiger partial charge in [0.25, 0.3) is 0 Å². The van der Waals surface area contributed by atoms with Gasteiger partial charge in [-0.05, 0) is 0 Å². The number of hydrogen-bond acceptors (Lipinski definition) is 2. The van der Waals surface area contributed by atoms with Crippen LogP contribution in [-0.2, 0) is 0 Å². The van der Waals surface area contributed by atoms with Crippen molar-refractivity contribution < 1.29 is 30.0 Å². The fourth-order valence-electron chi connectivity index (χ4n) is 0. The van der Waals surface area contributed by atoms with Crippen molar-refractivity contribution in [2.75, 3.05) is 0 Å². The molecule has 0 aromatic heterocycles. The summed E-state index contributed by atoms with van der Waals surface area (Å²) in [5.41, 5.74) is 0. The van der Waals surface area contributed by atoms with Crippen LogP contribution in [0.3, 0.4) is 0 Å². The van der Waals surface area contributed by atoms with E-state index in [4.69, 9.17) is 30.0 Å². The topological polar surface area (TPSA) is 115 Å². The Kier molecular flexibility index (Phi) is 37.7. The SMILES string of the molecule is O=C(O)O.O=C(O)O.[CsH].[MgH2]. The van der Waals surface area contributed by atoms with Gasteiger partial charge in [-0.1, -0.05) is 0 Å². The normalized spacial score (nSPS) is 4.80. The molecule has 0 saturated heterocycles. The van der Waals surface area contributed by atoms with E-state index in [1.54, 1.807) is 0 Å². The largest absolute Gasteiger partial charge is 0.316 e. The van der Waals surface area contributed by atoms with Crippen LogP contribution in [0.2, 0.25) is 0 Å². The molecule has 0 fully saturated rings. The van der Waals surface area contributed by atoms with Gasteiger partial charge in [0.15, 0.2) is 0 Å². The van der Waals surface area contributed by atoms with Crippen molar-refractivity contribution in [3.63, 3.8) is 0 Å². The summed E-state index contributed by atoms with van der Waals surface area (Å²) >= 11 is 0. The molecule has 0 amide bonds. The minimum absolute atomic E-state index is 0. The second-order valence-electron chi connectivity index (χ2n) is 0.565. The minimum atomic E-state index is -1.83. The summed E-state index contributed by atoms with van der Waals surface area (Å²) in [6.07, 6.45) is -3.67. The molecule has 0 bridgehead atoms. The quantitative estimate of drug-likeness (QED) is 0.419. The average molecular weight is 284 g/mol. The molecule has 6 nitrogen and oxygen atoms in total. The summed E-state index contributed by atoms with van der Waals surface area (Å²) in [7, 11) is 0. The summed E-state index contributed by atoms with van der Waals surface area (Å²) < 4.78 is 0. The molecule has 0 atom stereocenters. The molecule has 0 aliphatic carbocycles. The molecule has 0 rings (SSSR count). The fraction of sp³-hybridized carbons (Fsp3) is 0. The monoisotopic (exact) mass is 284 g/mol. The molecule has 4 N–H and O–H groups in total. The molecule has 8 heteroatoms. The van der Waals surface area contributed by atoms with Gasteiger partial charge in [-0.15, -0.1) is 0 Å². The second-order valence-corrected chi connectivity index (χ2v) is 0.565. The van der Waals surface area contributed by atoms with Crippen LogP contribution >= 0.6 is 0 Å². The van der Waals surface area contributed by atoms with Crippen molar-refractivity contribution in [3.05, 3.63) is 0 Å². The maximum Gasteiger partial charge on any atom is 0.316 e. The van der Waals surface area contributed by atoms with Gasteiger partial charge in [0.1, 0.15) is 0 Å². The third-order valence-corrected chi connectivity index (χ3v) is 0. The van der Waals surface area contributed by atoms with Gasteiger partial charge >= 0.3 is 104 Å². The van der Waals surface area contributed by atoms with E-state index >= 15 is 0 Å². The number of hydrogen-bond donors (Lipinski definition) is 4. The third-order valence-electron chi connectivity index (χ3n) is 0. The zero-order valence-corrected chi connectivity index (χ0v) is 3.61. The molecule has 0 spiro atoms. The van der Waals surface area contributed by atoms with Crippen molar-refractivity contribution in [2.24, 2.45) is 0 Å². The minimum Gasteiger partial charge on any atom is 0.316 e. The van der Waals surface area contributed by atoms with E-state index in [0.717, 1.165) is 0 Å². The predicted octanol–water partition coefficient (Wildman–Crippen LogP) is -1.12. The van der Waals surface area contributed by atoms with Gasteiger partial charge in [0.05, 0.1) is 0 Å². The fourth-order valence-corrected chi connectivity index (χ4v) is 0. The average Bonchev–Trinajstić information content (AvgIpc) is 1.25. The molecule has 0 aliphatic rings. The van der Waals surface area contributed by atoms with Crippen molar-refractivity contribution in [1.82, 2.24) is 0 Å². The van der Waals surface area contributed by atoms with Crippen LogP contribution in [-0.4, -0.2) is 125 Å². The zero-order chi connectivity index (χ0) is 7.15. The molecule has 0 heterocycles. The Hall–Kier alpha value is 1.36. The van der Waals surface area contributed by atoms with Crippen molar-refractivity contribution in [3.8, 4) is 0 Å². The molecule has 0 radical (unpaired) electrons. The molecular formula is C2H7CsMgO6. The van der Waals surface area contributed by atoms with E-state index < -0.39 is 12.3 Å². The number of carboxylic acid groups (broad SMARTS) is 4. The number of carbonyl (C=O) groups is 2. The van der Waals surface area contributed by atoms with Crippen LogP contribution in [0.15, 0.2) is 0 Å². The van der Waals surface area contributed by atoms with E-state index in [1.807, 2.05) is 0 Å². The summed E-state index contributed by atoms with van der Waals surface area (Å²) in [5, 5.41) is 27.9. The first-order valence-electron chi connectivity index (χ1n) is 1.30. The smallest absolute Gasteiger partial charge is 0.316 e. The van der Waals surface area contributed by atoms with Crippen LogP contribution in [0.5, 0.6) is 0 Å². The van der Waals surface area contributed by atoms with Crippen LogP contribution < -0.4 is 0 Å². The Morgan fingerprint density at radius 2 is 0.800 bits per heavy atom. The Labute approximate surface area is 131 Å². The van der Waals surface area contributed by atoms with E-state index in [1.165, 1.54) is 0 Å². The van der Waals surface area contributed by atoms with Gasteiger partial charge in [0.2, 0.25) is 0 Å². The first-order chi connectivity index (χ1) is 3.46. The summed E-state index contributed by atoms with van der Waals surface area (Å²) in [4.78, 5) is 17.1. The molecule has 0 aromatic rings.